The molecule has 1 aliphatic rings. The van der Waals surface area contributed by atoms with E-state index in [0.717, 1.165) is 0 Å². The molecule has 0 spiro atoms. The molecule has 1 N–H and O–H groups in total. The molecule has 1 heterocycles. The number of hydrogen-bond donors (Lipinski definition) is 1. The third-order valence-electron chi connectivity index (χ3n) is 3.47. The minimum absolute atomic E-state index is 0.0363. The summed E-state index contributed by atoms with van der Waals surface area (Å²) in [5.41, 5.74) is -0.969. The topological polar surface area (TPSA) is 59.0 Å². The molecule has 1 fully saturated rings. The van der Waals surface area contributed by atoms with Gasteiger partial charge >= 0.3 is 6.09 Å². The second-order valence-corrected chi connectivity index (χ2v) is 7.76. The molecule has 1 aromatic carbocycles. The molecular formula is C16H21Cl2NO4. The summed E-state index contributed by atoms with van der Waals surface area (Å²) in [6.45, 7) is 9.17. The molecule has 0 saturated carbocycles. The normalized spacial score (nSPS) is 20.7. The fourth-order valence-electron chi connectivity index (χ4n) is 2.56. The van der Waals surface area contributed by atoms with Crippen LogP contribution in [0.3, 0.4) is 0 Å². The fourth-order valence-corrected chi connectivity index (χ4v) is 3.29. The highest BCUT2D eigenvalue weighted by Gasteiger charge is 2.47. The number of hydrogen-bond acceptors (Lipinski definition) is 4. The largest absolute Gasteiger partial charge is 0.508 e. The summed E-state index contributed by atoms with van der Waals surface area (Å²) in [4.78, 5) is 14.1. The predicted molar refractivity (Wildman–Crippen MR) is 89.0 cm³/mol. The molecule has 1 atom stereocenters. The van der Waals surface area contributed by atoms with Crippen LogP contribution in [0.5, 0.6) is 5.75 Å². The number of rotatable bonds is 1. The molecule has 1 saturated heterocycles. The Bertz CT molecular complexity index is 602. The SMILES string of the molecule is CC(C)(C)OC(=O)N1[C@H](c2c(Cl)cc(O)cc2Cl)COC1(C)C. The number of carbonyl (C=O) groups excluding carboxylic acids is 1. The molecule has 128 valence electrons. The van der Waals surface area contributed by atoms with Gasteiger partial charge < -0.3 is 14.6 Å². The lowest BCUT2D eigenvalue weighted by Crippen LogP contribution is -2.47. The molecule has 2 rings (SSSR count). The van der Waals surface area contributed by atoms with Gasteiger partial charge in [-0.25, -0.2) is 4.79 Å². The van der Waals surface area contributed by atoms with E-state index in [0.29, 0.717) is 5.56 Å². The molecule has 1 amide bonds. The molecule has 5 nitrogen and oxygen atoms in total. The maximum absolute atomic E-state index is 12.6. The van der Waals surface area contributed by atoms with Crippen LogP contribution in [0.25, 0.3) is 0 Å². The Balaban J connectivity index is 2.44. The Labute approximate surface area is 146 Å². The molecule has 0 radical (unpaired) electrons. The van der Waals surface area contributed by atoms with Crippen LogP contribution >= 0.6 is 23.2 Å². The molecule has 0 bridgehead atoms. The van der Waals surface area contributed by atoms with Gasteiger partial charge in [-0.1, -0.05) is 23.2 Å². The minimum atomic E-state index is -0.864. The van der Waals surface area contributed by atoms with Crippen molar-refractivity contribution in [3.63, 3.8) is 0 Å². The summed E-state index contributed by atoms with van der Waals surface area (Å²) in [6.07, 6.45) is -0.509. The van der Waals surface area contributed by atoms with Gasteiger partial charge in [0.25, 0.3) is 0 Å². The van der Waals surface area contributed by atoms with Gasteiger partial charge in [-0.3, -0.25) is 4.90 Å². The van der Waals surface area contributed by atoms with Crippen LogP contribution in [-0.4, -0.2) is 34.0 Å². The van der Waals surface area contributed by atoms with E-state index < -0.39 is 23.5 Å². The zero-order valence-electron chi connectivity index (χ0n) is 13.8. The summed E-state index contributed by atoms with van der Waals surface area (Å²) < 4.78 is 11.2. The van der Waals surface area contributed by atoms with Crippen LogP contribution < -0.4 is 0 Å². The number of amides is 1. The smallest absolute Gasteiger partial charge is 0.413 e. The summed E-state index contributed by atoms with van der Waals surface area (Å²) in [5, 5.41) is 10.1. The second-order valence-electron chi connectivity index (χ2n) is 6.95. The fraction of sp³-hybridized carbons (Fsp3) is 0.562. The molecule has 23 heavy (non-hydrogen) atoms. The van der Waals surface area contributed by atoms with E-state index in [4.69, 9.17) is 32.7 Å². The molecule has 1 aliphatic heterocycles. The van der Waals surface area contributed by atoms with Crippen molar-refractivity contribution in [2.75, 3.05) is 6.61 Å². The van der Waals surface area contributed by atoms with E-state index in [9.17, 15) is 9.90 Å². The number of benzene rings is 1. The van der Waals surface area contributed by atoms with E-state index >= 15 is 0 Å². The van der Waals surface area contributed by atoms with Gasteiger partial charge in [0.1, 0.15) is 17.1 Å². The third kappa shape index (κ3) is 3.84. The second kappa shape index (κ2) is 6.04. The van der Waals surface area contributed by atoms with Gasteiger partial charge in [0.15, 0.2) is 0 Å². The Hall–Kier alpha value is -1.17. The maximum atomic E-state index is 12.6. The van der Waals surface area contributed by atoms with Crippen molar-refractivity contribution >= 4 is 29.3 Å². The Morgan fingerprint density at radius 1 is 1.35 bits per heavy atom. The van der Waals surface area contributed by atoms with Gasteiger partial charge in [0.2, 0.25) is 0 Å². The van der Waals surface area contributed by atoms with Crippen molar-refractivity contribution in [1.82, 2.24) is 4.90 Å². The van der Waals surface area contributed by atoms with Gasteiger partial charge in [0.05, 0.1) is 22.7 Å². The monoisotopic (exact) mass is 361 g/mol. The van der Waals surface area contributed by atoms with Crippen molar-refractivity contribution in [3.8, 4) is 5.75 Å². The van der Waals surface area contributed by atoms with Crippen molar-refractivity contribution in [1.29, 1.82) is 0 Å². The standard InChI is InChI=1S/C16H21Cl2NO4/c1-15(2,3)23-14(21)19-12(8-22-16(19,4)5)13-10(17)6-9(20)7-11(13)18/h6-7,12,20H,8H2,1-5H3/t12-/m0/s1. The lowest BCUT2D eigenvalue weighted by atomic mass is 10.1. The van der Waals surface area contributed by atoms with Gasteiger partial charge in [0, 0.05) is 5.56 Å². The number of carbonyl (C=O) groups is 1. The molecule has 7 heteroatoms. The first-order chi connectivity index (χ1) is 10.4. The molecule has 1 aromatic rings. The van der Waals surface area contributed by atoms with Crippen molar-refractivity contribution in [2.24, 2.45) is 0 Å². The molecule has 0 aliphatic carbocycles. The van der Waals surface area contributed by atoms with Crippen molar-refractivity contribution in [2.45, 2.75) is 52.0 Å². The lowest BCUT2D eigenvalue weighted by molar-refractivity contribution is -0.0626. The number of nitrogens with zero attached hydrogens (tertiary/aromatic N) is 1. The number of halogens is 2. The summed E-state index contributed by atoms with van der Waals surface area (Å²) in [5.74, 6) is -0.0363. The third-order valence-corrected chi connectivity index (χ3v) is 4.10. The van der Waals surface area contributed by atoms with Crippen molar-refractivity contribution in [3.05, 3.63) is 27.7 Å². The van der Waals surface area contributed by atoms with Gasteiger partial charge in [-0.15, -0.1) is 0 Å². The highest BCUT2D eigenvalue weighted by atomic mass is 35.5. The Morgan fingerprint density at radius 3 is 2.35 bits per heavy atom. The average molecular weight is 362 g/mol. The van der Waals surface area contributed by atoms with E-state index in [2.05, 4.69) is 0 Å². The number of ether oxygens (including phenoxy) is 2. The Morgan fingerprint density at radius 2 is 1.87 bits per heavy atom. The highest BCUT2D eigenvalue weighted by molar-refractivity contribution is 6.36. The van der Waals surface area contributed by atoms with E-state index in [-0.39, 0.29) is 22.4 Å². The number of aromatic hydroxyl groups is 1. The van der Waals surface area contributed by atoms with Crippen LogP contribution in [0.15, 0.2) is 12.1 Å². The molecule has 0 aromatic heterocycles. The number of phenols is 1. The van der Waals surface area contributed by atoms with Gasteiger partial charge in [-0.05, 0) is 46.8 Å². The quantitative estimate of drug-likeness (QED) is 0.784. The Kier molecular flexibility index (Phi) is 4.77. The zero-order chi connectivity index (χ0) is 17.6. The summed E-state index contributed by atoms with van der Waals surface area (Å²) >= 11 is 12.5. The van der Waals surface area contributed by atoms with Crippen LogP contribution in [-0.2, 0) is 9.47 Å². The van der Waals surface area contributed by atoms with Crippen LogP contribution in [0.1, 0.15) is 46.2 Å². The summed E-state index contributed by atoms with van der Waals surface area (Å²) in [7, 11) is 0. The number of phenolic OH excluding ortho intramolecular Hbond substituents is 1. The first-order valence-corrected chi connectivity index (χ1v) is 8.02. The first kappa shape index (κ1) is 18.2. The highest BCUT2D eigenvalue weighted by Crippen LogP contribution is 2.44. The summed E-state index contributed by atoms with van der Waals surface area (Å²) in [6, 6.07) is 2.28. The van der Waals surface area contributed by atoms with E-state index in [1.165, 1.54) is 17.0 Å². The molecule has 0 unspecified atom stereocenters. The zero-order valence-corrected chi connectivity index (χ0v) is 15.3. The minimum Gasteiger partial charge on any atom is -0.508 e. The van der Waals surface area contributed by atoms with Gasteiger partial charge in [-0.2, -0.15) is 0 Å². The van der Waals surface area contributed by atoms with Crippen molar-refractivity contribution < 1.29 is 19.4 Å². The average Bonchev–Trinajstić information content (AvgIpc) is 2.61. The molecular weight excluding hydrogens is 341 g/mol. The van der Waals surface area contributed by atoms with Crippen LogP contribution in [0.4, 0.5) is 4.79 Å². The first-order valence-electron chi connectivity index (χ1n) is 7.26. The lowest BCUT2D eigenvalue weighted by Gasteiger charge is -2.35. The van der Waals surface area contributed by atoms with Crippen LogP contribution in [0.2, 0.25) is 10.0 Å². The predicted octanol–water partition coefficient (Wildman–Crippen LogP) is 4.74. The van der Waals surface area contributed by atoms with E-state index in [1.807, 2.05) is 0 Å². The van der Waals surface area contributed by atoms with Crippen LogP contribution in [0, 0.1) is 0 Å². The van der Waals surface area contributed by atoms with E-state index in [1.54, 1.807) is 34.6 Å². The maximum Gasteiger partial charge on any atom is 0.413 e.